The Labute approximate surface area is 186 Å². The minimum atomic E-state index is -0.405. The highest BCUT2D eigenvalue weighted by Gasteiger charge is 2.22. The average Bonchev–Trinajstić information content (AvgIpc) is 3.24. The number of rotatable bonds is 4. The number of esters is 1. The molecule has 0 radical (unpaired) electrons. The zero-order chi connectivity index (χ0) is 22.3. The van der Waals surface area contributed by atoms with E-state index in [1.807, 2.05) is 42.5 Å². The maximum atomic E-state index is 12.3. The zero-order valence-corrected chi connectivity index (χ0v) is 17.6. The maximum Gasteiger partial charge on any atom is 0.337 e. The smallest absolute Gasteiger partial charge is 0.337 e. The Morgan fingerprint density at radius 2 is 1.75 bits per heavy atom. The highest BCUT2D eigenvalue weighted by molar-refractivity contribution is 5.90. The van der Waals surface area contributed by atoms with Crippen molar-refractivity contribution >= 4 is 17.7 Å². The number of benzene rings is 3. The number of fused-ring (bicyclic) bond motifs is 1. The van der Waals surface area contributed by atoms with Crippen LogP contribution < -0.4 is 15.4 Å². The fourth-order valence-electron chi connectivity index (χ4n) is 3.41. The molecule has 0 aliphatic carbocycles. The van der Waals surface area contributed by atoms with Gasteiger partial charge >= 0.3 is 12.0 Å². The van der Waals surface area contributed by atoms with Crippen molar-refractivity contribution < 1.29 is 19.1 Å². The third-order valence-corrected chi connectivity index (χ3v) is 4.96. The lowest BCUT2D eigenvalue weighted by Crippen LogP contribution is -2.37. The second kappa shape index (κ2) is 9.71. The van der Waals surface area contributed by atoms with E-state index in [-0.39, 0.29) is 12.1 Å². The second-order valence-electron chi connectivity index (χ2n) is 7.29. The molecular weight excluding hydrogens is 404 g/mol. The van der Waals surface area contributed by atoms with Crippen molar-refractivity contribution in [2.45, 2.75) is 12.5 Å². The van der Waals surface area contributed by atoms with Gasteiger partial charge in [-0.15, -0.1) is 0 Å². The van der Waals surface area contributed by atoms with E-state index >= 15 is 0 Å². The Balaban J connectivity index is 1.33. The number of para-hydroxylation sites is 1. The first-order chi connectivity index (χ1) is 15.6. The lowest BCUT2D eigenvalue weighted by molar-refractivity contribution is 0.0600. The van der Waals surface area contributed by atoms with Crippen molar-refractivity contribution in [3.8, 4) is 17.6 Å². The molecule has 4 rings (SSSR count). The third-order valence-electron chi connectivity index (χ3n) is 4.96. The number of urea groups is 1. The van der Waals surface area contributed by atoms with E-state index in [9.17, 15) is 9.59 Å². The molecule has 160 valence electrons. The minimum Gasteiger partial charge on any atom is -0.488 e. The first-order valence-electron chi connectivity index (χ1n) is 10.2. The topological polar surface area (TPSA) is 76.7 Å². The number of amides is 2. The minimum absolute atomic E-state index is 0.0731. The van der Waals surface area contributed by atoms with Crippen molar-refractivity contribution in [2.24, 2.45) is 0 Å². The number of hydrogen-bond donors (Lipinski definition) is 2. The van der Waals surface area contributed by atoms with Gasteiger partial charge < -0.3 is 20.1 Å². The van der Waals surface area contributed by atoms with E-state index in [2.05, 4.69) is 22.5 Å². The highest BCUT2D eigenvalue weighted by Crippen LogP contribution is 2.27. The SMILES string of the molecule is COC(=O)c1cccc(C#Cc2cccc(NC(=O)NCC3Cc4ccccc4O3)c2)c1. The van der Waals surface area contributed by atoms with Crippen molar-refractivity contribution in [3.63, 3.8) is 0 Å². The van der Waals surface area contributed by atoms with Gasteiger partial charge in [0.15, 0.2) is 0 Å². The number of ether oxygens (including phenoxy) is 2. The van der Waals surface area contributed by atoms with Crippen molar-refractivity contribution in [2.75, 3.05) is 19.0 Å². The molecule has 0 spiro atoms. The molecule has 0 bridgehead atoms. The predicted molar refractivity (Wildman–Crippen MR) is 122 cm³/mol. The standard InChI is InChI=1S/C26H22N2O4/c1-31-25(29)21-9-4-6-18(14-21)12-13-19-7-5-10-22(15-19)28-26(30)27-17-23-16-20-8-2-3-11-24(20)32-23/h2-11,14-15,23H,16-17H2,1H3,(H2,27,28,30). The largest absolute Gasteiger partial charge is 0.488 e. The maximum absolute atomic E-state index is 12.3. The molecule has 3 aromatic rings. The zero-order valence-electron chi connectivity index (χ0n) is 17.6. The average molecular weight is 426 g/mol. The third kappa shape index (κ3) is 5.27. The van der Waals surface area contributed by atoms with Crippen molar-refractivity contribution in [3.05, 3.63) is 95.1 Å². The molecule has 1 heterocycles. The second-order valence-corrected chi connectivity index (χ2v) is 7.29. The summed E-state index contributed by atoms with van der Waals surface area (Å²) >= 11 is 0. The molecule has 1 atom stereocenters. The Bertz CT molecular complexity index is 1180. The van der Waals surface area contributed by atoms with E-state index in [4.69, 9.17) is 9.47 Å². The predicted octanol–water partition coefficient (Wildman–Crippen LogP) is 4.00. The van der Waals surface area contributed by atoms with Crippen LogP contribution in [0.25, 0.3) is 0 Å². The van der Waals surface area contributed by atoms with Gasteiger partial charge in [-0.2, -0.15) is 0 Å². The Morgan fingerprint density at radius 3 is 2.53 bits per heavy atom. The first-order valence-corrected chi connectivity index (χ1v) is 10.2. The van der Waals surface area contributed by atoms with Gasteiger partial charge in [-0.1, -0.05) is 42.2 Å². The summed E-state index contributed by atoms with van der Waals surface area (Å²) in [5, 5.41) is 5.68. The van der Waals surface area contributed by atoms with E-state index < -0.39 is 5.97 Å². The fourth-order valence-corrected chi connectivity index (χ4v) is 3.41. The van der Waals surface area contributed by atoms with Crippen LogP contribution in [-0.2, 0) is 11.2 Å². The van der Waals surface area contributed by atoms with Gasteiger partial charge in [0.05, 0.1) is 19.2 Å². The molecule has 3 aromatic carbocycles. The molecule has 0 aromatic heterocycles. The van der Waals surface area contributed by atoms with Crippen LogP contribution in [0.2, 0.25) is 0 Å². The Kier molecular flexibility index (Phi) is 6.38. The summed E-state index contributed by atoms with van der Waals surface area (Å²) in [5.41, 5.74) is 3.67. The van der Waals surface area contributed by atoms with E-state index in [0.717, 1.165) is 23.3 Å². The van der Waals surface area contributed by atoms with Gasteiger partial charge in [-0.05, 0) is 48.0 Å². The molecular formula is C26H22N2O4. The first kappa shape index (κ1) is 21.0. The van der Waals surface area contributed by atoms with Gasteiger partial charge in [0.1, 0.15) is 11.9 Å². The Morgan fingerprint density at radius 1 is 1.00 bits per heavy atom. The number of hydrogen-bond acceptors (Lipinski definition) is 4. The normalized spacial score (nSPS) is 13.7. The molecule has 0 saturated heterocycles. The van der Waals surface area contributed by atoms with Gasteiger partial charge in [0, 0.05) is 23.2 Å². The van der Waals surface area contributed by atoms with Crippen LogP contribution in [0.3, 0.4) is 0 Å². The van der Waals surface area contributed by atoms with Crippen molar-refractivity contribution in [1.82, 2.24) is 5.32 Å². The molecule has 6 heteroatoms. The van der Waals surface area contributed by atoms with E-state index in [1.165, 1.54) is 7.11 Å². The molecule has 32 heavy (non-hydrogen) atoms. The number of carbonyl (C=O) groups excluding carboxylic acids is 2. The molecule has 6 nitrogen and oxygen atoms in total. The summed E-state index contributed by atoms with van der Waals surface area (Å²) in [6, 6.07) is 21.8. The molecule has 2 N–H and O–H groups in total. The van der Waals surface area contributed by atoms with Crippen LogP contribution in [0.1, 0.15) is 27.0 Å². The van der Waals surface area contributed by atoms with Crippen LogP contribution in [0, 0.1) is 11.8 Å². The van der Waals surface area contributed by atoms with Gasteiger partial charge in [0.2, 0.25) is 0 Å². The van der Waals surface area contributed by atoms with Crippen molar-refractivity contribution in [1.29, 1.82) is 0 Å². The van der Waals surface area contributed by atoms with Gasteiger partial charge in [0.25, 0.3) is 0 Å². The number of anilines is 1. The number of nitrogens with one attached hydrogen (secondary N) is 2. The molecule has 1 unspecified atom stereocenters. The molecule has 1 aliphatic rings. The molecule has 0 saturated carbocycles. The van der Waals surface area contributed by atoms with Crippen LogP contribution >= 0.6 is 0 Å². The monoisotopic (exact) mass is 426 g/mol. The lowest BCUT2D eigenvalue weighted by atomic mass is 10.1. The molecule has 0 fully saturated rings. The van der Waals surface area contributed by atoms with Gasteiger partial charge in [-0.3, -0.25) is 0 Å². The summed E-state index contributed by atoms with van der Waals surface area (Å²) in [7, 11) is 1.34. The van der Waals surface area contributed by atoms with E-state index in [1.54, 1.807) is 30.3 Å². The number of carbonyl (C=O) groups is 2. The van der Waals surface area contributed by atoms with Crippen LogP contribution in [0.5, 0.6) is 5.75 Å². The summed E-state index contributed by atoms with van der Waals surface area (Å²) in [6.07, 6.45) is 0.703. The number of methoxy groups -OCH3 is 1. The van der Waals surface area contributed by atoms with Crippen LogP contribution in [-0.4, -0.2) is 31.8 Å². The van der Waals surface area contributed by atoms with E-state index in [0.29, 0.717) is 23.4 Å². The summed E-state index contributed by atoms with van der Waals surface area (Å²) < 4.78 is 10.6. The summed E-state index contributed by atoms with van der Waals surface area (Å²) in [6.45, 7) is 0.413. The van der Waals surface area contributed by atoms with Gasteiger partial charge in [-0.25, -0.2) is 9.59 Å². The molecule has 2 amide bonds. The quantitative estimate of drug-likeness (QED) is 0.488. The summed E-state index contributed by atoms with van der Waals surface area (Å²) in [4.78, 5) is 24.0. The highest BCUT2D eigenvalue weighted by atomic mass is 16.5. The van der Waals surface area contributed by atoms with Crippen LogP contribution in [0.15, 0.2) is 72.8 Å². The molecule has 1 aliphatic heterocycles. The fraction of sp³-hybridized carbons (Fsp3) is 0.154. The Hall–Kier alpha value is -4.24. The summed E-state index contributed by atoms with van der Waals surface area (Å²) in [5.74, 6) is 6.55. The lowest BCUT2D eigenvalue weighted by Gasteiger charge is -2.12. The van der Waals surface area contributed by atoms with Crippen LogP contribution in [0.4, 0.5) is 10.5 Å².